The van der Waals surface area contributed by atoms with Crippen LogP contribution in [0.4, 0.5) is 0 Å². The molecule has 4 heteroatoms. The largest absolute Gasteiger partial charge is 0.481 e. The van der Waals surface area contributed by atoms with Crippen molar-refractivity contribution in [3.05, 3.63) is 52.3 Å². The van der Waals surface area contributed by atoms with Crippen LogP contribution < -0.4 is 10.3 Å². The molecule has 1 aromatic heterocycles. The summed E-state index contributed by atoms with van der Waals surface area (Å²) < 4.78 is 7.06. The van der Waals surface area contributed by atoms with Crippen molar-refractivity contribution in [3.63, 3.8) is 0 Å². The maximum Gasteiger partial charge on any atom is 0.197 e. The quantitative estimate of drug-likeness (QED) is 0.626. The SMILES string of the molecule is CC#CCOc1ccc(-c2[c-]cc(C)c(=O)n2C)cc1.[Y]. The zero-order chi connectivity index (χ0) is 14.5. The van der Waals surface area contributed by atoms with E-state index in [0.717, 1.165) is 17.0 Å². The minimum Gasteiger partial charge on any atom is -0.481 e. The predicted molar refractivity (Wildman–Crippen MR) is 79.6 cm³/mol. The normalized spacial score (nSPS) is 9.29. The first-order chi connectivity index (χ1) is 9.63. The Morgan fingerprint density at radius 3 is 2.57 bits per heavy atom. The van der Waals surface area contributed by atoms with Gasteiger partial charge in [-0.25, -0.2) is 0 Å². The number of aryl methyl sites for hydroxylation is 1. The number of pyridine rings is 1. The van der Waals surface area contributed by atoms with Crippen molar-refractivity contribution in [2.45, 2.75) is 13.8 Å². The summed E-state index contributed by atoms with van der Waals surface area (Å²) in [6.45, 7) is 3.94. The zero-order valence-corrected chi connectivity index (χ0v) is 15.3. The fraction of sp³-hybridized carbons (Fsp3) is 0.235. The van der Waals surface area contributed by atoms with E-state index in [1.807, 2.05) is 24.3 Å². The second-order valence-corrected chi connectivity index (χ2v) is 4.42. The van der Waals surface area contributed by atoms with Crippen LogP contribution in [0, 0.1) is 24.8 Å². The van der Waals surface area contributed by atoms with Gasteiger partial charge in [-0.3, -0.25) is 4.79 Å². The van der Waals surface area contributed by atoms with Crippen molar-refractivity contribution in [2.75, 3.05) is 6.61 Å². The van der Waals surface area contributed by atoms with Gasteiger partial charge in [0.1, 0.15) is 12.4 Å². The Kier molecular flexibility index (Phi) is 6.88. The molecule has 105 valence electrons. The molecule has 0 bridgehead atoms. The van der Waals surface area contributed by atoms with Crippen molar-refractivity contribution in [3.8, 4) is 28.8 Å². The Morgan fingerprint density at radius 2 is 1.95 bits per heavy atom. The average molecular weight is 355 g/mol. The molecule has 0 fully saturated rings. The van der Waals surface area contributed by atoms with Crippen molar-refractivity contribution in [1.29, 1.82) is 0 Å². The summed E-state index contributed by atoms with van der Waals surface area (Å²) in [6, 6.07) is 12.4. The summed E-state index contributed by atoms with van der Waals surface area (Å²) in [5, 5.41) is 0. The zero-order valence-electron chi connectivity index (χ0n) is 12.4. The fourth-order valence-corrected chi connectivity index (χ4v) is 1.88. The van der Waals surface area contributed by atoms with Crippen molar-refractivity contribution < 1.29 is 37.4 Å². The summed E-state index contributed by atoms with van der Waals surface area (Å²) in [4.78, 5) is 11.9. The van der Waals surface area contributed by atoms with Crippen LogP contribution in [0.3, 0.4) is 0 Å². The van der Waals surface area contributed by atoms with Crippen molar-refractivity contribution >= 4 is 0 Å². The molecule has 3 nitrogen and oxygen atoms in total. The molecule has 0 saturated heterocycles. The molecule has 1 aromatic carbocycles. The number of benzene rings is 1. The van der Waals surface area contributed by atoms with Crippen LogP contribution in [0.25, 0.3) is 11.3 Å². The van der Waals surface area contributed by atoms with E-state index in [2.05, 4.69) is 17.9 Å². The van der Waals surface area contributed by atoms with E-state index < -0.39 is 0 Å². The summed E-state index contributed by atoms with van der Waals surface area (Å²) in [6.07, 6.45) is 0. The number of aromatic nitrogens is 1. The van der Waals surface area contributed by atoms with Crippen LogP contribution in [-0.2, 0) is 39.8 Å². The van der Waals surface area contributed by atoms with Gasteiger partial charge in [0.15, 0.2) is 5.56 Å². The first-order valence-electron chi connectivity index (χ1n) is 6.34. The van der Waals surface area contributed by atoms with Crippen molar-refractivity contribution in [1.82, 2.24) is 4.57 Å². The molecule has 0 aliphatic carbocycles. The van der Waals surface area contributed by atoms with Crippen LogP contribution in [0.1, 0.15) is 12.5 Å². The van der Waals surface area contributed by atoms with Crippen LogP contribution in [0.2, 0.25) is 0 Å². The second-order valence-electron chi connectivity index (χ2n) is 4.42. The van der Waals surface area contributed by atoms with Gasteiger partial charge in [0.25, 0.3) is 0 Å². The van der Waals surface area contributed by atoms with E-state index in [0.29, 0.717) is 12.2 Å². The number of hydrogen-bond donors (Lipinski definition) is 0. The topological polar surface area (TPSA) is 31.2 Å². The maximum absolute atomic E-state index is 11.9. The third-order valence-corrected chi connectivity index (χ3v) is 3.02. The van der Waals surface area contributed by atoms with E-state index in [-0.39, 0.29) is 38.3 Å². The van der Waals surface area contributed by atoms with Crippen LogP contribution in [0.5, 0.6) is 5.75 Å². The first-order valence-corrected chi connectivity index (χ1v) is 6.34. The number of ether oxygens (including phenoxy) is 1. The van der Waals surface area contributed by atoms with Crippen LogP contribution in [-0.4, -0.2) is 11.2 Å². The van der Waals surface area contributed by atoms with E-state index >= 15 is 0 Å². The van der Waals surface area contributed by atoms with Gasteiger partial charge in [-0.05, 0) is 19.1 Å². The van der Waals surface area contributed by atoms with Crippen LogP contribution in [0.15, 0.2) is 35.1 Å². The molecule has 0 N–H and O–H groups in total. The second kappa shape index (κ2) is 8.17. The molecule has 0 aliphatic rings. The molecule has 1 radical (unpaired) electrons. The Hall–Kier alpha value is -1.37. The molecular weight excluding hydrogens is 339 g/mol. The van der Waals surface area contributed by atoms with E-state index in [9.17, 15) is 4.79 Å². The van der Waals surface area contributed by atoms with E-state index in [1.165, 1.54) is 0 Å². The first kappa shape index (κ1) is 17.7. The monoisotopic (exact) mass is 355 g/mol. The van der Waals surface area contributed by atoms with Gasteiger partial charge >= 0.3 is 0 Å². The molecule has 2 aromatic rings. The third kappa shape index (κ3) is 4.30. The molecule has 0 aliphatic heterocycles. The number of nitrogens with zero attached hydrogens (tertiary/aromatic N) is 1. The molecule has 1 heterocycles. The summed E-state index contributed by atoms with van der Waals surface area (Å²) >= 11 is 0. The molecule has 0 spiro atoms. The average Bonchev–Trinajstić information content (AvgIpc) is 2.46. The summed E-state index contributed by atoms with van der Waals surface area (Å²) in [5.41, 5.74) is 2.38. The molecule has 2 rings (SSSR count). The van der Waals surface area contributed by atoms with E-state index in [1.54, 1.807) is 31.5 Å². The standard InChI is InChI=1S/C17H16NO2.Y/c1-4-5-12-20-15-9-7-14(8-10-15)16-11-6-13(2)17(19)18(16)3;/h6-10H,12H2,1-3H3;/q-1;. The van der Waals surface area contributed by atoms with Gasteiger partial charge in [0.05, 0.1) is 0 Å². The van der Waals surface area contributed by atoms with Gasteiger partial charge in [0, 0.05) is 39.8 Å². The molecule has 0 amide bonds. The van der Waals surface area contributed by atoms with E-state index in [4.69, 9.17) is 4.74 Å². The number of hydrogen-bond acceptors (Lipinski definition) is 2. The van der Waals surface area contributed by atoms with Gasteiger partial charge in [-0.1, -0.05) is 29.7 Å². The maximum atomic E-state index is 11.9. The Labute approximate surface area is 150 Å². The van der Waals surface area contributed by atoms with Gasteiger partial charge in [-0.15, -0.1) is 18.1 Å². The van der Waals surface area contributed by atoms with Crippen LogP contribution >= 0.6 is 0 Å². The summed E-state index contributed by atoms with van der Waals surface area (Å²) in [5.74, 6) is 6.38. The van der Waals surface area contributed by atoms with Gasteiger partial charge in [-0.2, -0.15) is 12.1 Å². The Bertz CT molecular complexity index is 721. The number of rotatable bonds is 3. The van der Waals surface area contributed by atoms with Gasteiger partial charge in [0.2, 0.25) is 0 Å². The molecule has 0 saturated carbocycles. The fourth-order valence-electron chi connectivity index (χ4n) is 1.88. The molecular formula is C17H16NO2Y-. The van der Waals surface area contributed by atoms with Gasteiger partial charge < -0.3 is 9.30 Å². The van der Waals surface area contributed by atoms with Crippen molar-refractivity contribution in [2.24, 2.45) is 7.05 Å². The molecule has 0 unspecified atom stereocenters. The smallest absolute Gasteiger partial charge is 0.197 e. The molecule has 21 heavy (non-hydrogen) atoms. The predicted octanol–water partition coefficient (Wildman–Crippen LogP) is 2.56. The minimum atomic E-state index is -0.00250. The Balaban J connectivity index is 0.00000220. The third-order valence-electron chi connectivity index (χ3n) is 3.02. The Morgan fingerprint density at radius 1 is 1.29 bits per heavy atom. The minimum absolute atomic E-state index is 0. The molecule has 0 atom stereocenters. The summed E-state index contributed by atoms with van der Waals surface area (Å²) in [7, 11) is 1.75.